The van der Waals surface area contributed by atoms with Gasteiger partial charge < -0.3 is 9.26 Å². The van der Waals surface area contributed by atoms with Crippen LogP contribution >= 0.6 is 0 Å². The maximum Gasteiger partial charge on any atom is 0.240 e. The van der Waals surface area contributed by atoms with Gasteiger partial charge in [0, 0.05) is 13.1 Å². The van der Waals surface area contributed by atoms with Gasteiger partial charge in [0.05, 0.1) is 25.7 Å². The second kappa shape index (κ2) is 7.59. The summed E-state index contributed by atoms with van der Waals surface area (Å²) in [6.45, 7) is 4.00. The lowest BCUT2D eigenvalue weighted by atomic mass is 9.91. The van der Waals surface area contributed by atoms with E-state index in [1.54, 1.807) is 0 Å². The molecule has 4 rings (SSSR count). The second-order valence-corrected chi connectivity index (χ2v) is 6.19. The zero-order chi connectivity index (χ0) is 16.9. The molecule has 1 fully saturated rings. The average molecular weight is 335 g/mol. The highest BCUT2D eigenvalue weighted by molar-refractivity contribution is 5.37. The van der Waals surface area contributed by atoms with Crippen LogP contribution in [-0.2, 0) is 11.3 Å². The van der Waals surface area contributed by atoms with Gasteiger partial charge in [0.1, 0.15) is 0 Å². The van der Waals surface area contributed by atoms with Crippen molar-refractivity contribution in [2.75, 3.05) is 26.3 Å². The summed E-state index contributed by atoms with van der Waals surface area (Å²) in [6.07, 6.45) is 0. The van der Waals surface area contributed by atoms with Crippen molar-refractivity contribution in [3.63, 3.8) is 0 Å². The molecule has 0 aliphatic carbocycles. The van der Waals surface area contributed by atoms with Crippen LogP contribution in [0.25, 0.3) is 0 Å². The van der Waals surface area contributed by atoms with Crippen molar-refractivity contribution in [3.05, 3.63) is 83.5 Å². The van der Waals surface area contributed by atoms with Gasteiger partial charge in [-0.3, -0.25) is 4.90 Å². The number of hydrogen-bond acceptors (Lipinski definition) is 5. The Labute approximate surface area is 147 Å². The molecule has 128 valence electrons. The van der Waals surface area contributed by atoms with Crippen LogP contribution in [0.1, 0.15) is 28.8 Å². The van der Waals surface area contributed by atoms with Crippen molar-refractivity contribution in [2.24, 2.45) is 0 Å². The molecule has 5 nitrogen and oxygen atoms in total. The van der Waals surface area contributed by atoms with Crippen molar-refractivity contribution in [1.29, 1.82) is 0 Å². The first kappa shape index (κ1) is 16.0. The molecule has 3 aromatic rings. The Bertz CT molecular complexity index is 743. The van der Waals surface area contributed by atoms with Crippen molar-refractivity contribution in [3.8, 4) is 0 Å². The lowest BCUT2D eigenvalue weighted by molar-refractivity contribution is 0.0297. The summed E-state index contributed by atoms with van der Waals surface area (Å²) in [7, 11) is 0. The van der Waals surface area contributed by atoms with Crippen LogP contribution in [0.2, 0.25) is 0 Å². The highest BCUT2D eigenvalue weighted by Crippen LogP contribution is 2.29. The van der Waals surface area contributed by atoms with Gasteiger partial charge in [-0.15, -0.1) is 0 Å². The molecule has 2 heterocycles. The molecule has 0 atom stereocenters. The molecule has 0 bridgehead atoms. The third-order valence-corrected chi connectivity index (χ3v) is 4.47. The van der Waals surface area contributed by atoms with Crippen LogP contribution in [0.3, 0.4) is 0 Å². The number of aromatic nitrogens is 2. The molecule has 1 aliphatic rings. The van der Waals surface area contributed by atoms with E-state index in [9.17, 15) is 0 Å². The average Bonchev–Trinajstić information content (AvgIpc) is 3.12. The molecule has 5 heteroatoms. The summed E-state index contributed by atoms with van der Waals surface area (Å²) in [5, 5.41) is 4.29. The Kier molecular flexibility index (Phi) is 4.86. The number of benzene rings is 2. The third kappa shape index (κ3) is 3.78. The largest absolute Gasteiger partial charge is 0.379 e. The molecular formula is C20H21N3O2. The van der Waals surface area contributed by atoms with Gasteiger partial charge in [-0.25, -0.2) is 0 Å². The third-order valence-electron chi connectivity index (χ3n) is 4.47. The molecule has 1 saturated heterocycles. The maximum absolute atomic E-state index is 5.55. The van der Waals surface area contributed by atoms with Crippen molar-refractivity contribution in [2.45, 2.75) is 12.5 Å². The van der Waals surface area contributed by atoms with E-state index in [2.05, 4.69) is 34.3 Å². The Morgan fingerprint density at radius 1 is 0.880 bits per heavy atom. The van der Waals surface area contributed by atoms with Gasteiger partial charge in [0.2, 0.25) is 5.89 Å². The van der Waals surface area contributed by atoms with E-state index in [1.807, 2.05) is 36.4 Å². The highest BCUT2D eigenvalue weighted by Gasteiger charge is 2.23. The summed E-state index contributed by atoms with van der Waals surface area (Å²) in [5.41, 5.74) is 2.32. The normalized spacial score (nSPS) is 15.6. The molecule has 2 aromatic carbocycles. The molecule has 25 heavy (non-hydrogen) atoms. The smallest absolute Gasteiger partial charge is 0.240 e. The Morgan fingerprint density at radius 2 is 1.48 bits per heavy atom. The molecule has 0 radical (unpaired) electrons. The topological polar surface area (TPSA) is 51.4 Å². The minimum atomic E-state index is -0.0235. The van der Waals surface area contributed by atoms with Crippen LogP contribution < -0.4 is 0 Å². The Morgan fingerprint density at radius 3 is 2.08 bits per heavy atom. The van der Waals surface area contributed by atoms with E-state index < -0.39 is 0 Å². The lowest BCUT2D eigenvalue weighted by Crippen LogP contribution is -2.35. The fourth-order valence-corrected chi connectivity index (χ4v) is 3.18. The molecule has 0 saturated carbocycles. The van der Waals surface area contributed by atoms with Crippen LogP contribution in [0, 0.1) is 0 Å². The standard InChI is InChI=1S/C20H21N3O2/c1-3-7-16(8-4-1)19(17-9-5-2-6-10-17)20-21-18(25-22-20)15-23-11-13-24-14-12-23/h1-10,19H,11-15H2. The predicted molar refractivity (Wildman–Crippen MR) is 94.2 cm³/mol. The van der Waals surface area contributed by atoms with Gasteiger partial charge in [0.25, 0.3) is 0 Å². The highest BCUT2D eigenvalue weighted by atomic mass is 16.5. The molecule has 0 unspecified atom stereocenters. The van der Waals surface area contributed by atoms with Gasteiger partial charge in [0.15, 0.2) is 5.82 Å². The molecule has 1 aliphatic heterocycles. The van der Waals surface area contributed by atoms with E-state index in [-0.39, 0.29) is 5.92 Å². The van der Waals surface area contributed by atoms with E-state index in [0.717, 1.165) is 37.4 Å². The predicted octanol–water partition coefficient (Wildman–Crippen LogP) is 3.08. The minimum absolute atomic E-state index is 0.0235. The van der Waals surface area contributed by atoms with Crippen LogP contribution in [-0.4, -0.2) is 41.3 Å². The summed E-state index contributed by atoms with van der Waals surface area (Å²) < 4.78 is 10.9. The van der Waals surface area contributed by atoms with Crippen molar-refractivity contribution in [1.82, 2.24) is 15.0 Å². The number of morpholine rings is 1. The Hall–Kier alpha value is -2.50. The van der Waals surface area contributed by atoms with Crippen LogP contribution in [0.5, 0.6) is 0 Å². The quantitative estimate of drug-likeness (QED) is 0.717. The maximum atomic E-state index is 5.55. The fourth-order valence-electron chi connectivity index (χ4n) is 3.18. The minimum Gasteiger partial charge on any atom is -0.379 e. The van der Waals surface area contributed by atoms with Gasteiger partial charge in [-0.05, 0) is 11.1 Å². The number of hydrogen-bond donors (Lipinski definition) is 0. The van der Waals surface area contributed by atoms with E-state index >= 15 is 0 Å². The first-order chi connectivity index (χ1) is 12.4. The molecular weight excluding hydrogens is 314 g/mol. The first-order valence-electron chi connectivity index (χ1n) is 8.62. The summed E-state index contributed by atoms with van der Waals surface area (Å²) in [4.78, 5) is 6.98. The number of rotatable bonds is 5. The summed E-state index contributed by atoms with van der Waals surface area (Å²) in [6, 6.07) is 20.6. The first-order valence-corrected chi connectivity index (χ1v) is 8.62. The number of ether oxygens (including phenoxy) is 1. The van der Waals surface area contributed by atoms with Gasteiger partial charge >= 0.3 is 0 Å². The molecule has 0 amide bonds. The zero-order valence-corrected chi connectivity index (χ0v) is 14.0. The van der Waals surface area contributed by atoms with E-state index in [0.29, 0.717) is 18.3 Å². The van der Waals surface area contributed by atoms with Crippen molar-refractivity contribution >= 4 is 0 Å². The van der Waals surface area contributed by atoms with Gasteiger partial charge in [-0.1, -0.05) is 65.8 Å². The monoisotopic (exact) mass is 335 g/mol. The van der Waals surface area contributed by atoms with E-state index in [4.69, 9.17) is 14.2 Å². The SMILES string of the molecule is c1ccc(C(c2ccccc2)c2noc(CN3CCOCC3)n2)cc1. The molecule has 0 spiro atoms. The van der Waals surface area contributed by atoms with Crippen LogP contribution in [0.4, 0.5) is 0 Å². The van der Waals surface area contributed by atoms with Crippen molar-refractivity contribution < 1.29 is 9.26 Å². The van der Waals surface area contributed by atoms with Crippen LogP contribution in [0.15, 0.2) is 65.2 Å². The van der Waals surface area contributed by atoms with E-state index in [1.165, 1.54) is 0 Å². The molecule has 1 aromatic heterocycles. The lowest BCUT2D eigenvalue weighted by Gasteiger charge is -2.24. The summed E-state index contributed by atoms with van der Waals surface area (Å²) in [5.74, 6) is 1.35. The molecule has 0 N–H and O–H groups in total. The summed E-state index contributed by atoms with van der Waals surface area (Å²) >= 11 is 0. The fraction of sp³-hybridized carbons (Fsp3) is 0.300. The second-order valence-electron chi connectivity index (χ2n) is 6.19. The Balaban J connectivity index is 1.62. The zero-order valence-electron chi connectivity index (χ0n) is 14.0. The number of nitrogens with zero attached hydrogens (tertiary/aromatic N) is 3. The van der Waals surface area contributed by atoms with Gasteiger partial charge in [-0.2, -0.15) is 4.98 Å².